The SMILES string of the molecule is CCN(CC)CCO/N=C1/C(=C/c2ccc(Cl)c(Cl)c2)CCCC1C. The van der Waals surface area contributed by atoms with Crippen molar-refractivity contribution in [1.82, 2.24) is 4.90 Å². The molecule has 0 spiro atoms. The van der Waals surface area contributed by atoms with Crippen molar-refractivity contribution >= 4 is 35.0 Å². The highest BCUT2D eigenvalue weighted by Crippen LogP contribution is 2.29. The Kier molecular flexibility index (Phi) is 8.28. The highest BCUT2D eigenvalue weighted by Gasteiger charge is 2.21. The van der Waals surface area contributed by atoms with Crippen molar-refractivity contribution in [2.45, 2.75) is 40.0 Å². The van der Waals surface area contributed by atoms with Crippen LogP contribution in [0.1, 0.15) is 45.6 Å². The fourth-order valence-corrected chi connectivity index (χ4v) is 3.41. The number of halogens is 2. The molecule has 0 N–H and O–H groups in total. The number of hydrogen-bond acceptors (Lipinski definition) is 3. The van der Waals surface area contributed by atoms with Crippen LogP contribution in [0.25, 0.3) is 6.08 Å². The van der Waals surface area contributed by atoms with Crippen LogP contribution in [0.15, 0.2) is 28.9 Å². The van der Waals surface area contributed by atoms with E-state index in [0.717, 1.165) is 43.8 Å². The normalized spacial score (nSPS) is 21.3. The van der Waals surface area contributed by atoms with E-state index < -0.39 is 0 Å². The molecule has 1 atom stereocenters. The molecule has 1 saturated carbocycles. The van der Waals surface area contributed by atoms with E-state index in [2.05, 4.69) is 36.9 Å². The van der Waals surface area contributed by atoms with Gasteiger partial charge in [-0.3, -0.25) is 0 Å². The van der Waals surface area contributed by atoms with Crippen LogP contribution in [0, 0.1) is 5.92 Å². The van der Waals surface area contributed by atoms with Crippen LogP contribution in [-0.4, -0.2) is 36.9 Å². The molecule has 1 aliphatic rings. The summed E-state index contributed by atoms with van der Waals surface area (Å²) >= 11 is 12.1. The third-order valence-electron chi connectivity index (χ3n) is 4.72. The molecule has 25 heavy (non-hydrogen) atoms. The molecular formula is C20H28Cl2N2O. The maximum absolute atomic E-state index is 6.14. The summed E-state index contributed by atoms with van der Waals surface area (Å²) in [4.78, 5) is 7.98. The summed E-state index contributed by atoms with van der Waals surface area (Å²) in [6.45, 7) is 10.1. The summed E-state index contributed by atoms with van der Waals surface area (Å²) in [7, 11) is 0. The fraction of sp³-hybridized carbons (Fsp3) is 0.550. The molecular weight excluding hydrogens is 355 g/mol. The molecule has 0 amide bonds. The Morgan fingerprint density at radius 1 is 1.24 bits per heavy atom. The predicted molar refractivity (Wildman–Crippen MR) is 109 cm³/mol. The number of oxime groups is 1. The topological polar surface area (TPSA) is 24.8 Å². The van der Waals surface area contributed by atoms with Crippen molar-refractivity contribution in [3.63, 3.8) is 0 Å². The zero-order valence-corrected chi connectivity index (χ0v) is 16.9. The first-order valence-electron chi connectivity index (χ1n) is 9.13. The van der Waals surface area contributed by atoms with Crippen molar-refractivity contribution in [3.05, 3.63) is 39.4 Å². The Balaban J connectivity index is 2.10. The van der Waals surface area contributed by atoms with E-state index in [0.29, 0.717) is 22.6 Å². The van der Waals surface area contributed by atoms with Gasteiger partial charge in [-0.15, -0.1) is 0 Å². The number of rotatable bonds is 7. The van der Waals surface area contributed by atoms with Gasteiger partial charge in [0, 0.05) is 12.5 Å². The van der Waals surface area contributed by atoms with Crippen molar-refractivity contribution in [2.24, 2.45) is 11.1 Å². The molecule has 138 valence electrons. The highest BCUT2D eigenvalue weighted by atomic mass is 35.5. The van der Waals surface area contributed by atoms with Crippen molar-refractivity contribution in [2.75, 3.05) is 26.2 Å². The van der Waals surface area contributed by atoms with Gasteiger partial charge in [0.25, 0.3) is 0 Å². The van der Waals surface area contributed by atoms with E-state index in [1.165, 1.54) is 12.0 Å². The largest absolute Gasteiger partial charge is 0.394 e. The Bertz CT molecular complexity index is 624. The van der Waals surface area contributed by atoms with Gasteiger partial charge in [0.15, 0.2) is 0 Å². The van der Waals surface area contributed by atoms with Crippen LogP contribution in [0.3, 0.4) is 0 Å². The standard InChI is InChI=1S/C20H28Cl2N2O/c1-4-24(5-2)11-12-25-23-20-15(3)7-6-8-17(20)13-16-9-10-18(21)19(22)14-16/h9-10,13-15H,4-8,11-12H2,1-3H3/b17-13+,23-20+. The highest BCUT2D eigenvalue weighted by molar-refractivity contribution is 6.42. The summed E-state index contributed by atoms with van der Waals surface area (Å²) < 4.78 is 0. The summed E-state index contributed by atoms with van der Waals surface area (Å²) in [6, 6.07) is 5.72. The molecule has 0 saturated heterocycles. The number of allylic oxidation sites excluding steroid dienone is 1. The zero-order chi connectivity index (χ0) is 18.2. The fourth-order valence-electron chi connectivity index (χ4n) is 3.10. The lowest BCUT2D eigenvalue weighted by Crippen LogP contribution is -2.27. The lowest BCUT2D eigenvalue weighted by molar-refractivity contribution is 0.113. The molecule has 2 rings (SSSR count). The van der Waals surface area contributed by atoms with E-state index in [1.54, 1.807) is 0 Å². The third-order valence-corrected chi connectivity index (χ3v) is 5.46. The maximum atomic E-state index is 6.14. The minimum atomic E-state index is 0.413. The van der Waals surface area contributed by atoms with Gasteiger partial charge < -0.3 is 9.74 Å². The Morgan fingerprint density at radius 2 is 2.00 bits per heavy atom. The smallest absolute Gasteiger partial charge is 0.129 e. The minimum Gasteiger partial charge on any atom is -0.394 e. The van der Waals surface area contributed by atoms with E-state index in [-0.39, 0.29) is 0 Å². The molecule has 1 aliphatic carbocycles. The van der Waals surface area contributed by atoms with Gasteiger partial charge in [0.1, 0.15) is 6.61 Å². The first kappa shape index (κ1) is 20.3. The van der Waals surface area contributed by atoms with Gasteiger partial charge in [-0.05, 0) is 61.7 Å². The summed E-state index contributed by atoms with van der Waals surface area (Å²) in [6.07, 6.45) is 5.50. The Morgan fingerprint density at radius 3 is 2.68 bits per heavy atom. The first-order valence-corrected chi connectivity index (χ1v) is 9.88. The summed E-state index contributed by atoms with van der Waals surface area (Å²) in [5.41, 5.74) is 3.35. The van der Waals surface area contributed by atoms with Crippen molar-refractivity contribution < 1.29 is 4.84 Å². The van der Waals surface area contributed by atoms with Gasteiger partial charge in [0.05, 0.1) is 15.8 Å². The van der Waals surface area contributed by atoms with Crippen LogP contribution in [0.4, 0.5) is 0 Å². The second-order valence-electron chi connectivity index (χ2n) is 6.47. The molecule has 3 nitrogen and oxygen atoms in total. The maximum Gasteiger partial charge on any atom is 0.129 e. The molecule has 1 aromatic rings. The molecule has 1 aromatic carbocycles. The Labute approximate surface area is 161 Å². The lowest BCUT2D eigenvalue weighted by Gasteiger charge is -2.23. The van der Waals surface area contributed by atoms with Crippen LogP contribution < -0.4 is 0 Å². The van der Waals surface area contributed by atoms with Crippen LogP contribution in [0.2, 0.25) is 10.0 Å². The summed E-state index contributed by atoms with van der Waals surface area (Å²) in [5, 5.41) is 5.64. The van der Waals surface area contributed by atoms with Gasteiger partial charge in [0.2, 0.25) is 0 Å². The molecule has 1 fully saturated rings. The number of hydrogen-bond donors (Lipinski definition) is 0. The monoisotopic (exact) mass is 382 g/mol. The molecule has 0 aliphatic heterocycles. The molecule has 5 heteroatoms. The van der Waals surface area contributed by atoms with Crippen molar-refractivity contribution in [3.8, 4) is 0 Å². The average Bonchev–Trinajstić information content (AvgIpc) is 2.60. The number of benzene rings is 1. The number of nitrogens with zero attached hydrogens (tertiary/aromatic N) is 2. The first-order chi connectivity index (χ1) is 12.0. The van der Waals surface area contributed by atoms with Gasteiger partial charge in [-0.2, -0.15) is 0 Å². The molecule has 1 unspecified atom stereocenters. The van der Waals surface area contributed by atoms with Crippen LogP contribution >= 0.6 is 23.2 Å². The van der Waals surface area contributed by atoms with E-state index in [9.17, 15) is 0 Å². The second-order valence-corrected chi connectivity index (χ2v) is 7.29. The predicted octanol–water partition coefficient (Wildman–Crippen LogP) is 5.91. The second kappa shape index (κ2) is 10.2. The van der Waals surface area contributed by atoms with Crippen LogP contribution in [0.5, 0.6) is 0 Å². The summed E-state index contributed by atoms with van der Waals surface area (Å²) in [5.74, 6) is 0.413. The minimum absolute atomic E-state index is 0.413. The lowest BCUT2D eigenvalue weighted by atomic mass is 9.84. The van der Waals surface area contributed by atoms with Gasteiger partial charge >= 0.3 is 0 Å². The van der Waals surface area contributed by atoms with E-state index in [4.69, 9.17) is 28.0 Å². The van der Waals surface area contributed by atoms with Crippen LogP contribution in [-0.2, 0) is 4.84 Å². The third kappa shape index (κ3) is 6.02. The molecule has 0 aromatic heterocycles. The van der Waals surface area contributed by atoms with Crippen molar-refractivity contribution in [1.29, 1.82) is 0 Å². The van der Waals surface area contributed by atoms with E-state index >= 15 is 0 Å². The molecule has 0 heterocycles. The number of likely N-dealkylation sites (N-methyl/N-ethyl adjacent to an activating group) is 1. The quantitative estimate of drug-likeness (QED) is 0.432. The Hall–Kier alpha value is -1.03. The van der Waals surface area contributed by atoms with E-state index in [1.807, 2.05) is 18.2 Å². The molecule has 0 bridgehead atoms. The average molecular weight is 383 g/mol. The zero-order valence-electron chi connectivity index (χ0n) is 15.4. The van der Waals surface area contributed by atoms with Gasteiger partial charge in [-0.25, -0.2) is 0 Å². The molecule has 0 radical (unpaired) electrons. The van der Waals surface area contributed by atoms with Gasteiger partial charge in [-0.1, -0.05) is 55.2 Å².